The Bertz CT molecular complexity index is 662. The Kier molecular flexibility index (Phi) is 3.90. The van der Waals surface area contributed by atoms with Crippen LogP contribution < -0.4 is 10.5 Å². The standard InChI is InChI=1S/C13H10F2N2O3/c14-9-6-13(10(15)5-11(9)17(18)19)20-12-4-2-1-3-8(12)7-16/h1-6H,7,16H2. The molecular formula is C13H10F2N2O3. The van der Waals surface area contributed by atoms with Gasteiger partial charge in [0, 0.05) is 18.2 Å². The van der Waals surface area contributed by atoms with Crippen LogP contribution in [-0.4, -0.2) is 4.92 Å². The van der Waals surface area contributed by atoms with E-state index < -0.39 is 28.0 Å². The number of para-hydroxylation sites is 1. The third-order valence-electron chi connectivity index (χ3n) is 2.61. The molecule has 0 spiro atoms. The van der Waals surface area contributed by atoms with Gasteiger partial charge >= 0.3 is 5.69 Å². The summed E-state index contributed by atoms with van der Waals surface area (Å²) in [5.41, 5.74) is 5.16. The molecule has 0 radical (unpaired) electrons. The molecule has 2 rings (SSSR count). The number of nitrogens with two attached hydrogens (primary N) is 1. The molecule has 0 unspecified atom stereocenters. The third-order valence-corrected chi connectivity index (χ3v) is 2.61. The normalized spacial score (nSPS) is 10.3. The second-order valence-corrected chi connectivity index (χ2v) is 3.91. The molecule has 0 aliphatic heterocycles. The molecular weight excluding hydrogens is 270 g/mol. The minimum absolute atomic E-state index is 0.160. The molecule has 0 atom stereocenters. The maximum absolute atomic E-state index is 13.7. The lowest BCUT2D eigenvalue weighted by atomic mass is 10.2. The van der Waals surface area contributed by atoms with Gasteiger partial charge < -0.3 is 10.5 Å². The highest BCUT2D eigenvalue weighted by Crippen LogP contribution is 2.31. The summed E-state index contributed by atoms with van der Waals surface area (Å²) in [7, 11) is 0. The van der Waals surface area contributed by atoms with E-state index in [9.17, 15) is 18.9 Å². The Hall–Kier alpha value is -2.54. The molecule has 0 saturated heterocycles. The van der Waals surface area contributed by atoms with Crippen molar-refractivity contribution in [2.24, 2.45) is 5.73 Å². The topological polar surface area (TPSA) is 78.4 Å². The van der Waals surface area contributed by atoms with E-state index in [0.29, 0.717) is 17.7 Å². The summed E-state index contributed by atoms with van der Waals surface area (Å²) < 4.78 is 32.4. The van der Waals surface area contributed by atoms with Crippen LogP contribution in [0.2, 0.25) is 0 Å². The van der Waals surface area contributed by atoms with Gasteiger partial charge in [-0.05, 0) is 6.07 Å². The number of nitro benzene ring substituents is 1. The summed E-state index contributed by atoms with van der Waals surface area (Å²) in [6.45, 7) is 0.160. The lowest BCUT2D eigenvalue weighted by molar-refractivity contribution is -0.387. The monoisotopic (exact) mass is 280 g/mol. The van der Waals surface area contributed by atoms with E-state index in [-0.39, 0.29) is 12.3 Å². The predicted molar refractivity (Wildman–Crippen MR) is 67.4 cm³/mol. The summed E-state index contributed by atoms with van der Waals surface area (Å²) in [5.74, 6) is -2.36. The molecule has 0 saturated carbocycles. The zero-order valence-corrected chi connectivity index (χ0v) is 10.2. The van der Waals surface area contributed by atoms with Gasteiger partial charge in [-0.1, -0.05) is 18.2 Å². The van der Waals surface area contributed by atoms with Crippen LogP contribution in [0.15, 0.2) is 36.4 Å². The van der Waals surface area contributed by atoms with Gasteiger partial charge in [0.25, 0.3) is 0 Å². The van der Waals surface area contributed by atoms with Crippen LogP contribution in [0.5, 0.6) is 11.5 Å². The number of hydrogen-bond donors (Lipinski definition) is 1. The Morgan fingerprint density at radius 1 is 1.15 bits per heavy atom. The minimum atomic E-state index is -1.17. The molecule has 0 aromatic heterocycles. The minimum Gasteiger partial charge on any atom is -0.454 e. The van der Waals surface area contributed by atoms with Crippen molar-refractivity contribution in [1.29, 1.82) is 0 Å². The molecule has 0 aliphatic rings. The van der Waals surface area contributed by atoms with E-state index in [1.807, 2.05) is 0 Å². The van der Waals surface area contributed by atoms with Gasteiger partial charge in [-0.25, -0.2) is 4.39 Å². The second-order valence-electron chi connectivity index (χ2n) is 3.91. The number of rotatable bonds is 4. The zero-order valence-electron chi connectivity index (χ0n) is 10.2. The quantitative estimate of drug-likeness (QED) is 0.689. The van der Waals surface area contributed by atoms with Crippen molar-refractivity contribution in [2.45, 2.75) is 6.54 Å². The summed E-state index contributed by atoms with van der Waals surface area (Å²) in [4.78, 5) is 9.48. The summed E-state index contributed by atoms with van der Waals surface area (Å²) in [6.07, 6.45) is 0. The molecule has 20 heavy (non-hydrogen) atoms. The Morgan fingerprint density at radius 3 is 2.50 bits per heavy atom. The highest BCUT2D eigenvalue weighted by Gasteiger charge is 2.20. The van der Waals surface area contributed by atoms with E-state index >= 15 is 0 Å². The fraction of sp³-hybridized carbons (Fsp3) is 0.0769. The number of benzene rings is 2. The van der Waals surface area contributed by atoms with Crippen LogP contribution in [0, 0.1) is 21.7 Å². The first-order valence-corrected chi connectivity index (χ1v) is 5.62. The van der Waals surface area contributed by atoms with E-state index in [1.165, 1.54) is 0 Å². The van der Waals surface area contributed by atoms with Crippen LogP contribution in [0.1, 0.15) is 5.56 Å². The van der Waals surface area contributed by atoms with Crippen molar-refractivity contribution in [3.63, 3.8) is 0 Å². The molecule has 104 valence electrons. The van der Waals surface area contributed by atoms with Gasteiger partial charge in [-0.2, -0.15) is 4.39 Å². The Balaban J connectivity index is 2.39. The smallest absolute Gasteiger partial charge is 0.307 e. The van der Waals surface area contributed by atoms with E-state index in [0.717, 1.165) is 0 Å². The van der Waals surface area contributed by atoms with Gasteiger partial charge in [-0.15, -0.1) is 0 Å². The molecule has 0 aliphatic carbocycles. The number of hydrogen-bond acceptors (Lipinski definition) is 4. The maximum atomic E-state index is 13.7. The fourth-order valence-corrected chi connectivity index (χ4v) is 1.63. The molecule has 0 fully saturated rings. The lowest BCUT2D eigenvalue weighted by Gasteiger charge is -2.10. The van der Waals surface area contributed by atoms with Crippen LogP contribution in [0.3, 0.4) is 0 Å². The molecule has 0 heterocycles. The molecule has 0 amide bonds. The van der Waals surface area contributed by atoms with E-state index in [4.69, 9.17) is 10.5 Å². The average molecular weight is 280 g/mol. The summed E-state index contributed by atoms with van der Waals surface area (Å²) >= 11 is 0. The molecule has 2 aromatic carbocycles. The predicted octanol–water partition coefficient (Wildman–Crippen LogP) is 3.12. The third kappa shape index (κ3) is 2.72. The first-order valence-electron chi connectivity index (χ1n) is 5.62. The van der Waals surface area contributed by atoms with E-state index in [2.05, 4.69) is 0 Å². The van der Waals surface area contributed by atoms with Crippen LogP contribution in [-0.2, 0) is 6.54 Å². The zero-order chi connectivity index (χ0) is 14.7. The van der Waals surface area contributed by atoms with Crippen molar-refractivity contribution in [3.05, 3.63) is 63.7 Å². The van der Waals surface area contributed by atoms with Gasteiger partial charge in [-0.3, -0.25) is 10.1 Å². The van der Waals surface area contributed by atoms with Crippen molar-refractivity contribution in [2.75, 3.05) is 0 Å². The average Bonchev–Trinajstić information content (AvgIpc) is 2.42. The van der Waals surface area contributed by atoms with Crippen molar-refractivity contribution in [3.8, 4) is 11.5 Å². The summed E-state index contributed by atoms with van der Waals surface area (Å²) in [6, 6.07) is 7.71. The number of halogens is 2. The fourth-order valence-electron chi connectivity index (χ4n) is 1.63. The largest absolute Gasteiger partial charge is 0.454 e. The second kappa shape index (κ2) is 5.62. The van der Waals surface area contributed by atoms with Crippen LogP contribution >= 0.6 is 0 Å². The molecule has 5 nitrogen and oxygen atoms in total. The summed E-state index contributed by atoms with van der Waals surface area (Å²) in [5, 5.41) is 10.5. The number of nitro groups is 1. The van der Waals surface area contributed by atoms with Crippen LogP contribution in [0.25, 0.3) is 0 Å². The highest BCUT2D eigenvalue weighted by molar-refractivity contribution is 5.43. The highest BCUT2D eigenvalue weighted by atomic mass is 19.1. The van der Waals surface area contributed by atoms with Crippen molar-refractivity contribution >= 4 is 5.69 Å². The Morgan fingerprint density at radius 2 is 1.85 bits per heavy atom. The molecule has 7 heteroatoms. The Labute approximate surface area is 112 Å². The van der Waals surface area contributed by atoms with Crippen molar-refractivity contribution in [1.82, 2.24) is 0 Å². The lowest BCUT2D eigenvalue weighted by Crippen LogP contribution is -2.01. The van der Waals surface area contributed by atoms with Gasteiger partial charge in [0.1, 0.15) is 5.75 Å². The first kappa shape index (κ1) is 13.9. The van der Waals surface area contributed by atoms with E-state index in [1.54, 1.807) is 24.3 Å². The molecule has 2 aromatic rings. The van der Waals surface area contributed by atoms with Gasteiger partial charge in [0.05, 0.1) is 11.0 Å². The number of nitrogens with zero attached hydrogens (tertiary/aromatic N) is 1. The van der Waals surface area contributed by atoms with Crippen LogP contribution in [0.4, 0.5) is 14.5 Å². The van der Waals surface area contributed by atoms with Gasteiger partial charge in [0.15, 0.2) is 11.6 Å². The van der Waals surface area contributed by atoms with Crippen molar-refractivity contribution < 1.29 is 18.4 Å². The SMILES string of the molecule is NCc1ccccc1Oc1cc(F)c([N+](=O)[O-])cc1F. The maximum Gasteiger partial charge on any atom is 0.307 e. The molecule has 0 bridgehead atoms. The first-order chi connectivity index (χ1) is 9.52. The molecule has 2 N–H and O–H groups in total. The number of ether oxygens (including phenoxy) is 1. The van der Waals surface area contributed by atoms with Gasteiger partial charge in [0.2, 0.25) is 5.82 Å².